The van der Waals surface area contributed by atoms with E-state index in [1.54, 1.807) is 6.07 Å². The molecule has 1 N–H and O–H groups in total. The first-order valence-corrected chi connectivity index (χ1v) is 11.7. The van der Waals surface area contributed by atoms with Crippen LogP contribution in [-0.4, -0.2) is 67.7 Å². The van der Waals surface area contributed by atoms with E-state index in [4.69, 9.17) is 29.2 Å². The molecule has 198 valence electrons. The maximum atomic E-state index is 12.4. The van der Waals surface area contributed by atoms with Gasteiger partial charge < -0.3 is 28.8 Å². The summed E-state index contributed by atoms with van der Waals surface area (Å²) in [6, 6.07) is 4.36. The topological polar surface area (TPSA) is 166 Å². The van der Waals surface area contributed by atoms with Gasteiger partial charge in [0.25, 0.3) is 0 Å². The Labute approximate surface area is 209 Å². The van der Waals surface area contributed by atoms with E-state index in [1.807, 2.05) is 13.8 Å². The van der Waals surface area contributed by atoms with Gasteiger partial charge in [0.2, 0.25) is 6.29 Å². The number of carbonyl (C=O) groups excluding carboxylic acids is 3. The Morgan fingerprint density at radius 1 is 1.14 bits per heavy atom. The molecule has 1 aliphatic heterocycles. The number of phenols is 1. The minimum absolute atomic E-state index is 0.120. The van der Waals surface area contributed by atoms with E-state index in [0.717, 1.165) is 0 Å². The molecule has 12 nitrogen and oxygen atoms in total. The summed E-state index contributed by atoms with van der Waals surface area (Å²) in [6.07, 6.45) is -1.54. The van der Waals surface area contributed by atoms with Gasteiger partial charge in [-0.25, -0.2) is 0 Å². The van der Waals surface area contributed by atoms with Crippen molar-refractivity contribution in [2.45, 2.75) is 59.0 Å². The monoisotopic (exact) mass is 507 g/mol. The lowest BCUT2D eigenvalue weighted by molar-refractivity contribution is -0.248. The molecular weight excluding hydrogens is 474 g/mol. The zero-order chi connectivity index (χ0) is 26.7. The molecule has 1 saturated heterocycles. The molecule has 0 aromatic heterocycles. The van der Waals surface area contributed by atoms with Gasteiger partial charge in [-0.2, -0.15) is 0 Å². The Morgan fingerprint density at radius 3 is 2.53 bits per heavy atom. The van der Waals surface area contributed by atoms with Crippen LogP contribution in [0.15, 0.2) is 23.3 Å². The van der Waals surface area contributed by atoms with Crippen LogP contribution in [0.2, 0.25) is 0 Å². The fourth-order valence-electron chi connectivity index (χ4n) is 3.75. The Balaban J connectivity index is 2.01. The number of hydrogen-bond acceptors (Lipinski definition) is 10. The second-order valence-electron chi connectivity index (χ2n) is 8.53. The molecule has 36 heavy (non-hydrogen) atoms. The van der Waals surface area contributed by atoms with Gasteiger partial charge in [0.1, 0.15) is 18.8 Å². The third-order valence-corrected chi connectivity index (χ3v) is 5.82. The zero-order valence-electron chi connectivity index (χ0n) is 20.9. The molecular formula is C24H33N3O9. The lowest BCUT2D eigenvalue weighted by Crippen LogP contribution is -2.54. The van der Waals surface area contributed by atoms with Gasteiger partial charge in [0.15, 0.2) is 17.3 Å². The van der Waals surface area contributed by atoms with E-state index in [0.29, 0.717) is 18.6 Å². The van der Waals surface area contributed by atoms with E-state index in [2.05, 4.69) is 10.0 Å². The molecule has 2 rings (SSSR count). The SMILES string of the molecule is CC(=O)OC[C@H]1O[C@@H](Oc2ccc(C(=O)CCCOCCN=[N+]=[N-])cc2O)[C@H](C)[C@@H](C)[C@H]1OC(C)=O. The van der Waals surface area contributed by atoms with Crippen LogP contribution < -0.4 is 4.74 Å². The van der Waals surface area contributed by atoms with Gasteiger partial charge >= 0.3 is 11.9 Å². The van der Waals surface area contributed by atoms with E-state index in [9.17, 15) is 19.5 Å². The molecule has 1 aromatic rings. The van der Waals surface area contributed by atoms with Crippen LogP contribution >= 0.6 is 0 Å². The number of ether oxygens (including phenoxy) is 5. The maximum Gasteiger partial charge on any atom is 0.303 e. The highest BCUT2D eigenvalue weighted by Gasteiger charge is 2.45. The van der Waals surface area contributed by atoms with Gasteiger partial charge in [0.05, 0.1) is 6.61 Å². The van der Waals surface area contributed by atoms with Gasteiger partial charge in [0, 0.05) is 55.7 Å². The molecule has 0 amide bonds. The smallest absolute Gasteiger partial charge is 0.303 e. The third-order valence-electron chi connectivity index (χ3n) is 5.82. The summed E-state index contributed by atoms with van der Waals surface area (Å²) in [5, 5.41) is 13.8. The number of phenolic OH excluding ortho intramolecular Hbond substituents is 1. The lowest BCUT2D eigenvalue weighted by atomic mass is 9.84. The number of nitrogens with zero attached hydrogens (tertiary/aromatic N) is 3. The highest BCUT2D eigenvalue weighted by Crippen LogP contribution is 2.37. The van der Waals surface area contributed by atoms with E-state index < -0.39 is 30.4 Å². The Morgan fingerprint density at radius 2 is 1.89 bits per heavy atom. The zero-order valence-corrected chi connectivity index (χ0v) is 20.9. The first-order chi connectivity index (χ1) is 17.1. The fraction of sp³-hybridized carbons (Fsp3) is 0.625. The van der Waals surface area contributed by atoms with Crippen molar-refractivity contribution >= 4 is 17.7 Å². The van der Waals surface area contributed by atoms with Gasteiger partial charge in [-0.15, -0.1) is 0 Å². The number of hydrogen-bond donors (Lipinski definition) is 1. The Bertz CT molecular complexity index is 964. The van der Waals surface area contributed by atoms with Crippen molar-refractivity contribution in [3.8, 4) is 11.5 Å². The summed E-state index contributed by atoms with van der Waals surface area (Å²) in [4.78, 5) is 38.0. The van der Waals surface area contributed by atoms with Gasteiger partial charge in [-0.05, 0) is 30.2 Å². The number of benzene rings is 1. The number of azide groups is 1. The highest BCUT2D eigenvalue weighted by atomic mass is 16.7. The molecule has 5 atom stereocenters. The first-order valence-electron chi connectivity index (χ1n) is 11.7. The number of aromatic hydroxyl groups is 1. The normalized spacial score (nSPS) is 23.3. The van der Waals surface area contributed by atoms with Crippen molar-refractivity contribution in [1.29, 1.82) is 0 Å². The lowest BCUT2D eigenvalue weighted by Gasteiger charge is -2.43. The maximum absolute atomic E-state index is 12.4. The first kappa shape index (κ1) is 28.9. The average molecular weight is 508 g/mol. The van der Waals surface area contributed by atoms with E-state index in [-0.39, 0.29) is 55.3 Å². The molecule has 12 heteroatoms. The molecule has 0 unspecified atom stereocenters. The number of ketones is 1. The van der Waals surface area contributed by atoms with Crippen LogP contribution in [0.3, 0.4) is 0 Å². The minimum atomic E-state index is -0.831. The fourth-order valence-corrected chi connectivity index (χ4v) is 3.75. The van der Waals surface area contributed by atoms with Crippen molar-refractivity contribution in [1.82, 2.24) is 0 Å². The molecule has 0 radical (unpaired) electrons. The van der Waals surface area contributed by atoms with Crippen LogP contribution in [-0.2, 0) is 28.5 Å². The van der Waals surface area contributed by atoms with Crippen molar-refractivity contribution in [3.63, 3.8) is 0 Å². The largest absolute Gasteiger partial charge is 0.504 e. The van der Waals surface area contributed by atoms with Crippen LogP contribution in [0, 0.1) is 11.8 Å². The predicted octanol–water partition coefficient (Wildman–Crippen LogP) is 3.55. The number of rotatable bonds is 13. The van der Waals surface area contributed by atoms with Crippen molar-refractivity contribution in [2.24, 2.45) is 17.0 Å². The van der Waals surface area contributed by atoms with Gasteiger partial charge in [-0.1, -0.05) is 19.0 Å². The molecule has 1 aliphatic rings. The molecule has 0 saturated carbocycles. The summed E-state index contributed by atoms with van der Waals surface area (Å²) < 4.78 is 27.7. The molecule has 1 aromatic carbocycles. The standard InChI is InChI=1S/C24H33N3O9/c1-14-15(2)24(36-22(13-33-16(3)28)23(14)34-17(4)29)35-21-8-7-18(12-20(21)31)19(30)6-5-10-32-11-9-26-27-25/h7-8,12,14-15,22-24,31H,5-6,9-11,13H2,1-4H3/t14-,15-,22-,23-,24-/m1/s1. The summed E-state index contributed by atoms with van der Waals surface area (Å²) in [6.45, 7) is 7.03. The molecule has 0 aliphatic carbocycles. The van der Waals surface area contributed by atoms with E-state index in [1.165, 1.54) is 26.0 Å². The van der Waals surface area contributed by atoms with Crippen LogP contribution in [0.5, 0.6) is 11.5 Å². The summed E-state index contributed by atoms with van der Waals surface area (Å²) in [5.41, 5.74) is 8.53. The minimum Gasteiger partial charge on any atom is -0.504 e. The summed E-state index contributed by atoms with van der Waals surface area (Å²) in [7, 11) is 0. The van der Waals surface area contributed by atoms with Gasteiger partial charge in [-0.3, -0.25) is 14.4 Å². The van der Waals surface area contributed by atoms with Crippen molar-refractivity contribution in [3.05, 3.63) is 34.2 Å². The predicted molar refractivity (Wildman–Crippen MR) is 126 cm³/mol. The molecule has 1 fully saturated rings. The Kier molecular flexibility index (Phi) is 11.5. The van der Waals surface area contributed by atoms with Crippen LogP contribution in [0.25, 0.3) is 10.4 Å². The molecule has 0 spiro atoms. The highest BCUT2D eigenvalue weighted by molar-refractivity contribution is 5.96. The quantitative estimate of drug-likeness (QED) is 0.105. The number of Topliss-reactive ketones (excluding diaryl/α,β-unsaturated/α-hetero) is 1. The second-order valence-corrected chi connectivity index (χ2v) is 8.53. The summed E-state index contributed by atoms with van der Waals surface area (Å²) >= 11 is 0. The van der Waals surface area contributed by atoms with E-state index >= 15 is 0 Å². The van der Waals surface area contributed by atoms with Crippen LogP contribution in [0.4, 0.5) is 0 Å². The molecule has 1 heterocycles. The molecule has 0 bridgehead atoms. The van der Waals surface area contributed by atoms with Crippen LogP contribution in [0.1, 0.15) is 50.9 Å². The Hall–Kier alpha value is -3.34. The van der Waals surface area contributed by atoms with Crippen molar-refractivity contribution < 1.29 is 43.2 Å². The second kappa shape index (κ2) is 14.3. The number of esters is 2. The third kappa shape index (κ3) is 8.71. The number of carbonyl (C=O) groups is 3. The average Bonchev–Trinajstić information content (AvgIpc) is 2.83. The summed E-state index contributed by atoms with van der Waals surface area (Å²) in [5.74, 6) is -1.71. The van der Waals surface area contributed by atoms with Crippen molar-refractivity contribution in [2.75, 3.05) is 26.4 Å².